The lowest BCUT2D eigenvalue weighted by atomic mass is 10.0. The van der Waals surface area contributed by atoms with Gasteiger partial charge in [0.15, 0.2) is 5.69 Å². The molecular formula is C22H24Cl2N8O3. The van der Waals surface area contributed by atoms with E-state index < -0.39 is 0 Å². The number of hydrazone groups is 1. The van der Waals surface area contributed by atoms with E-state index >= 15 is 0 Å². The van der Waals surface area contributed by atoms with Gasteiger partial charge in [-0.3, -0.25) is 14.6 Å². The van der Waals surface area contributed by atoms with Gasteiger partial charge in [-0.2, -0.15) is 5.10 Å². The number of aromatic nitrogens is 3. The molecule has 0 bridgehead atoms. The van der Waals surface area contributed by atoms with Gasteiger partial charge in [0, 0.05) is 65.2 Å². The Morgan fingerprint density at radius 3 is 2.54 bits per heavy atom. The van der Waals surface area contributed by atoms with Gasteiger partial charge in [0.2, 0.25) is 5.95 Å². The lowest BCUT2D eigenvalue weighted by Crippen LogP contribution is -2.54. The number of hydrogen-bond donors (Lipinski definition) is 1. The number of rotatable bonds is 5. The van der Waals surface area contributed by atoms with E-state index in [1.165, 1.54) is 6.20 Å². The Kier molecular flexibility index (Phi) is 6.72. The van der Waals surface area contributed by atoms with Crippen LogP contribution in [-0.4, -0.2) is 94.8 Å². The highest BCUT2D eigenvalue weighted by Crippen LogP contribution is 2.25. The van der Waals surface area contributed by atoms with Crippen molar-refractivity contribution in [3.8, 4) is 0 Å². The van der Waals surface area contributed by atoms with E-state index in [1.54, 1.807) is 29.3 Å². The van der Waals surface area contributed by atoms with Crippen LogP contribution in [0.3, 0.4) is 0 Å². The van der Waals surface area contributed by atoms with Gasteiger partial charge in [0.05, 0.1) is 28.4 Å². The summed E-state index contributed by atoms with van der Waals surface area (Å²) in [5.74, 6) is 0.0760. The number of carbonyl (C=O) groups excluding carboxylic acids is 2. The van der Waals surface area contributed by atoms with E-state index in [4.69, 9.17) is 27.9 Å². The summed E-state index contributed by atoms with van der Waals surface area (Å²) in [6, 6.07) is 1.68. The molecule has 13 heteroatoms. The molecule has 0 radical (unpaired) electrons. The number of nitrogens with zero attached hydrogens (tertiary/aromatic N) is 7. The molecule has 0 aliphatic carbocycles. The molecule has 1 N–H and O–H groups in total. The van der Waals surface area contributed by atoms with Crippen molar-refractivity contribution in [3.63, 3.8) is 0 Å². The maximum Gasteiger partial charge on any atom is 0.274 e. The summed E-state index contributed by atoms with van der Waals surface area (Å²) in [5.41, 5.74) is 4.54. The van der Waals surface area contributed by atoms with Gasteiger partial charge in [-0.1, -0.05) is 23.2 Å². The number of hydrogen-bond acceptors (Lipinski definition) is 9. The van der Waals surface area contributed by atoms with Crippen LogP contribution in [0.4, 0.5) is 5.95 Å². The first-order valence-corrected chi connectivity index (χ1v) is 12.0. The Bertz CT molecular complexity index is 1170. The van der Waals surface area contributed by atoms with Crippen molar-refractivity contribution in [1.82, 2.24) is 30.2 Å². The second-order valence-electron chi connectivity index (χ2n) is 8.59. The second-order valence-corrected chi connectivity index (χ2v) is 9.44. The third-order valence-electron chi connectivity index (χ3n) is 6.38. The highest BCUT2D eigenvalue weighted by atomic mass is 35.5. The number of nitrogens with one attached hydrogen (secondary N) is 1. The van der Waals surface area contributed by atoms with Crippen molar-refractivity contribution in [2.45, 2.75) is 18.6 Å². The zero-order valence-corrected chi connectivity index (χ0v) is 20.5. The normalized spacial score (nSPS) is 20.4. The quantitative estimate of drug-likeness (QED) is 0.630. The van der Waals surface area contributed by atoms with Gasteiger partial charge in [-0.05, 0) is 11.6 Å². The molecule has 0 aromatic carbocycles. The minimum absolute atomic E-state index is 0.0433. The van der Waals surface area contributed by atoms with Crippen molar-refractivity contribution in [2.75, 3.05) is 51.3 Å². The summed E-state index contributed by atoms with van der Waals surface area (Å²) in [4.78, 5) is 44.0. The minimum atomic E-state index is -0.239. The molecule has 3 aliphatic heterocycles. The van der Waals surface area contributed by atoms with Crippen LogP contribution in [0.15, 0.2) is 29.8 Å². The summed E-state index contributed by atoms with van der Waals surface area (Å²) >= 11 is 12.3. The van der Waals surface area contributed by atoms with E-state index in [0.29, 0.717) is 62.4 Å². The smallest absolute Gasteiger partial charge is 0.274 e. The van der Waals surface area contributed by atoms with E-state index in [2.05, 4.69) is 25.5 Å². The summed E-state index contributed by atoms with van der Waals surface area (Å²) in [6.07, 6.45) is 5.24. The fraction of sp³-hybridized carbons (Fsp3) is 0.455. The standard InChI is InChI=1S/C22H24Cl2N8O3/c1-35-15-11-32(12-15)21(34)19-16(24)10-26-22(27-19)31-4-2-30(3-5-31)20(33)18-7-17(28-29-18)13-6-14(23)9-25-8-13/h6,8-10,15,17,28H,2-5,7,11-12H2,1H3. The molecular weight excluding hydrogens is 495 g/mol. The van der Waals surface area contributed by atoms with Crippen LogP contribution in [0.1, 0.15) is 28.5 Å². The van der Waals surface area contributed by atoms with Gasteiger partial charge in [-0.15, -0.1) is 0 Å². The third kappa shape index (κ3) is 4.89. The van der Waals surface area contributed by atoms with Crippen LogP contribution in [-0.2, 0) is 9.53 Å². The summed E-state index contributed by atoms with van der Waals surface area (Å²) in [5, 5.41) is 5.01. The predicted molar refractivity (Wildman–Crippen MR) is 130 cm³/mol. The van der Waals surface area contributed by atoms with Gasteiger partial charge in [-0.25, -0.2) is 9.97 Å². The maximum atomic E-state index is 13.0. The third-order valence-corrected chi connectivity index (χ3v) is 6.86. The Morgan fingerprint density at radius 2 is 1.83 bits per heavy atom. The Hall–Kier alpha value is -3.02. The van der Waals surface area contributed by atoms with Crippen LogP contribution >= 0.6 is 23.2 Å². The maximum absolute atomic E-state index is 13.0. The first-order chi connectivity index (χ1) is 16.9. The Balaban J connectivity index is 1.18. The molecule has 5 rings (SSSR count). The van der Waals surface area contributed by atoms with E-state index in [0.717, 1.165) is 5.56 Å². The molecule has 5 heterocycles. The van der Waals surface area contributed by atoms with Crippen LogP contribution in [0.2, 0.25) is 10.0 Å². The number of halogens is 2. The average Bonchev–Trinajstić information content (AvgIpc) is 3.34. The molecule has 2 aromatic rings. The largest absolute Gasteiger partial charge is 0.378 e. The van der Waals surface area contributed by atoms with Gasteiger partial charge in [0.25, 0.3) is 11.8 Å². The second kappa shape index (κ2) is 9.92. The zero-order valence-electron chi connectivity index (χ0n) is 19.0. The lowest BCUT2D eigenvalue weighted by molar-refractivity contribution is -0.124. The first-order valence-electron chi connectivity index (χ1n) is 11.2. The van der Waals surface area contributed by atoms with Crippen LogP contribution < -0.4 is 10.3 Å². The highest BCUT2D eigenvalue weighted by Gasteiger charge is 2.34. The molecule has 184 valence electrons. The van der Waals surface area contributed by atoms with Crippen LogP contribution in [0, 0.1) is 0 Å². The number of methoxy groups -OCH3 is 1. The predicted octanol–water partition coefficient (Wildman–Crippen LogP) is 1.39. The fourth-order valence-corrected chi connectivity index (χ4v) is 4.60. The molecule has 3 aliphatic rings. The van der Waals surface area contributed by atoms with E-state index in [9.17, 15) is 9.59 Å². The number of ether oxygens (including phenoxy) is 1. The van der Waals surface area contributed by atoms with Crippen molar-refractivity contribution in [3.05, 3.63) is 46.0 Å². The number of anilines is 1. The van der Waals surface area contributed by atoms with Gasteiger partial charge < -0.3 is 24.9 Å². The molecule has 2 saturated heterocycles. The van der Waals surface area contributed by atoms with E-state index in [-0.39, 0.29) is 34.7 Å². The fourth-order valence-electron chi connectivity index (χ4n) is 4.24. The lowest BCUT2D eigenvalue weighted by Gasteiger charge is -2.38. The molecule has 0 spiro atoms. The molecule has 1 atom stereocenters. The Labute approximate surface area is 212 Å². The minimum Gasteiger partial charge on any atom is -0.378 e. The molecule has 2 aromatic heterocycles. The molecule has 2 fully saturated rings. The van der Waals surface area contributed by atoms with Gasteiger partial charge in [0.1, 0.15) is 5.71 Å². The number of piperazine rings is 1. The van der Waals surface area contributed by atoms with Gasteiger partial charge >= 0.3 is 0 Å². The zero-order chi connectivity index (χ0) is 24.5. The van der Waals surface area contributed by atoms with Crippen molar-refractivity contribution >= 4 is 46.7 Å². The summed E-state index contributed by atoms with van der Waals surface area (Å²) in [6.45, 7) is 3.05. The van der Waals surface area contributed by atoms with Crippen molar-refractivity contribution in [2.24, 2.45) is 5.10 Å². The Morgan fingerprint density at radius 1 is 1.06 bits per heavy atom. The molecule has 0 saturated carbocycles. The van der Waals surface area contributed by atoms with Crippen LogP contribution in [0.25, 0.3) is 0 Å². The van der Waals surface area contributed by atoms with Crippen molar-refractivity contribution < 1.29 is 14.3 Å². The number of likely N-dealkylation sites (tertiary alicyclic amines) is 1. The topological polar surface area (TPSA) is 116 Å². The molecule has 35 heavy (non-hydrogen) atoms. The van der Waals surface area contributed by atoms with Crippen molar-refractivity contribution in [1.29, 1.82) is 0 Å². The molecule has 2 amide bonds. The number of carbonyl (C=O) groups is 2. The number of pyridine rings is 1. The average molecular weight is 519 g/mol. The monoisotopic (exact) mass is 518 g/mol. The highest BCUT2D eigenvalue weighted by molar-refractivity contribution is 6.39. The summed E-state index contributed by atoms with van der Waals surface area (Å²) in [7, 11) is 1.62. The molecule has 11 nitrogen and oxygen atoms in total. The SMILES string of the molecule is COC1CN(C(=O)c2nc(N3CCN(C(=O)C4=NNC(c5cncc(Cl)c5)C4)CC3)ncc2Cl)C1. The number of amides is 2. The first kappa shape index (κ1) is 23.7. The van der Waals surface area contributed by atoms with Crippen LogP contribution in [0.5, 0.6) is 0 Å². The van der Waals surface area contributed by atoms with E-state index in [1.807, 2.05) is 11.0 Å². The summed E-state index contributed by atoms with van der Waals surface area (Å²) < 4.78 is 5.23. The molecule has 1 unspecified atom stereocenters.